The Morgan fingerprint density at radius 2 is 1.88 bits per heavy atom. The Balaban J connectivity index is 1.66. The number of amides is 1. The fourth-order valence-electron chi connectivity index (χ4n) is 2.85. The summed E-state index contributed by atoms with van der Waals surface area (Å²) in [6.45, 7) is 5.11. The Labute approximate surface area is 163 Å². The van der Waals surface area contributed by atoms with Crippen molar-refractivity contribution in [2.75, 3.05) is 46.4 Å². The van der Waals surface area contributed by atoms with E-state index in [-0.39, 0.29) is 17.8 Å². The molecule has 0 aliphatic carbocycles. The molecule has 0 aromatic heterocycles. The second-order valence-electron chi connectivity index (χ2n) is 6.42. The van der Waals surface area contributed by atoms with Gasteiger partial charge in [0, 0.05) is 11.5 Å². The van der Waals surface area contributed by atoms with Crippen molar-refractivity contribution in [3.8, 4) is 5.75 Å². The molecule has 7 heteroatoms. The lowest BCUT2D eigenvalue weighted by Gasteiger charge is -2.31. The van der Waals surface area contributed by atoms with Gasteiger partial charge in [-0.3, -0.25) is 14.5 Å². The van der Waals surface area contributed by atoms with Crippen molar-refractivity contribution in [1.29, 1.82) is 0 Å². The highest BCUT2D eigenvalue weighted by atomic mass is 79.9. The van der Waals surface area contributed by atoms with Crippen molar-refractivity contribution in [2.24, 2.45) is 5.92 Å². The van der Waals surface area contributed by atoms with Crippen molar-refractivity contribution in [1.82, 2.24) is 9.80 Å². The van der Waals surface area contributed by atoms with Gasteiger partial charge in [-0.15, -0.1) is 0 Å². The van der Waals surface area contributed by atoms with Crippen LogP contribution in [0.3, 0.4) is 0 Å². The highest BCUT2D eigenvalue weighted by Crippen LogP contribution is 2.19. The van der Waals surface area contributed by atoms with Gasteiger partial charge in [-0.1, -0.05) is 15.9 Å². The van der Waals surface area contributed by atoms with Crippen LogP contribution in [0, 0.1) is 5.92 Å². The highest BCUT2D eigenvalue weighted by Gasteiger charge is 2.27. The summed E-state index contributed by atoms with van der Waals surface area (Å²) in [5.74, 6) is 0.716. The van der Waals surface area contributed by atoms with Gasteiger partial charge in [0.05, 0.1) is 25.6 Å². The second-order valence-corrected chi connectivity index (χ2v) is 7.34. The molecule has 0 spiro atoms. The van der Waals surface area contributed by atoms with E-state index < -0.39 is 0 Å². The number of halogens is 1. The van der Waals surface area contributed by atoms with Crippen LogP contribution in [0.2, 0.25) is 0 Å². The van der Waals surface area contributed by atoms with Crippen molar-refractivity contribution < 1.29 is 19.1 Å². The van der Waals surface area contributed by atoms with Gasteiger partial charge in [-0.05, 0) is 57.1 Å². The SMILES string of the molecule is CCOC(=O)C1CCN(CC(=O)N(C)CCOc2ccc(Br)cc2)CC1. The molecule has 0 unspecified atom stereocenters. The summed E-state index contributed by atoms with van der Waals surface area (Å²) >= 11 is 3.38. The third kappa shape index (κ3) is 6.61. The molecule has 0 saturated carbocycles. The molecule has 144 valence electrons. The zero-order valence-corrected chi connectivity index (χ0v) is 17.0. The molecule has 2 rings (SSSR count). The number of esters is 1. The first-order valence-corrected chi connectivity index (χ1v) is 9.80. The molecule has 1 saturated heterocycles. The number of likely N-dealkylation sites (N-methyl/N-ethyl adjacent to an activating group) is 1. The molecule has 1 fully saturated rings. The molecule has 0 atom stereocenters. The van der Waals surface area contributed by atoms with E-state index >= 15 is 0 Å². The normalized spacial score (nSPS) is 15.5. The van der Waals surface area contributed by atoms with Crippen LogP contribution in [-0.2, 0) is 14.3 Å². The number of likely N-dealkylation sites (tertiary alicyclic amines) is 1. The maximum Gasteiger partial charge on any atom is 0.309 e. The minimum absolute atomic E-state index is 0.0293. The van der Waals surface area contributed by atoms with Gasteiger partial charge in [0.1, 0.15) is 12.4 Å². The van der Waals surface area contributed by atoms with Crippen LogP contribution < -0.4 is 4.74 Å². The first-order chi connectivity index (χ1) is 12.5. The number of nitrogens with zero attached hydrogens (tertiary/aromatic N) is 2. The summed E-state index contributed by atoms with van der Waals surface area (Å²) in [5.41, 5.74) is 0. The van der Waals surface area contributed by atoms with Gasteiger partial charge in [-0.25, -0.2) is 0 Å². The number of piperidine rings is 1. The van der Waals surface area contributed by atoms with Crippen LogP contribution in [0.25, 0.3) is 0 Å². The monoisotopic (exact) mass is 426 g/mol. The number of hydrogen-bond donors (Lipinski definition) is 0. The molecular formula is C19H27BrN2O4. The highest BCUT2D eigenvalue weighted by molar-refractivity contribution is 9.10. The van der Waals surface area contributed by atoms with E-state index in [1.807, 2.05) is 31.2 Å². The molecule has 1 heterocycles. The van der Waals surface area contributed by atoms with Crippen LogP contribution >= 0.6 is 15.9 Å². The zero-order chi connectivity index (χ0) is 18.9. The Kier molecular flexibility index (Phi) is 8.38. The molecule has 1 aliphatic rings. The average molecular weight is 427 g/mol. The maximum atomic E-state index is 12.3. The summed E-state index contributed by atoms with van der Waals surface area (Å²) in [4.78, 5) is 27.9. The number of hydrogen-bond acceptors (Lipinski definition) is 5. The molecular weight excluding hydrogens is 400 g/mol. The lowest BCUT2D eigenvalue weighted by atomic mass is 9.97. The number of rotatable bonds is 8. The largest absolute Gasteiger partial charge is 0.492 e. The molecule has 0 bridgehead atoms. The quantitative estimate of drug-likeness (QED) is 0.597. The maximum absolute atomic E-state index is 12.3. The Morgan fingerprint density at radius 3 is 2.50 bits per heavy atom. The van der Waals surface area contributed by atoms with Gasteiger partial charge in [0.15, 0.2) is 0 Å². The summed E-state index contributed by atoms with van der Waals surface area (Å²) in [7, 11) is 1.79. The van der Waals surface area contributed by atoms with Gasteiger partial charge < -0.3 is 14.4 Å². The lowest BCUT2D eigenvalue weighted by molar-refractivity contribution is -0.149. The lowest BCUT2D eigenvalue weighted by Crippen LogP contribution is -2.44. The number of carbonyl (C=O) groups excluding carboxylic acids is 2. The number of carbonyl (C=O) groups is 2. The van der Waals surface area contributed by atoms with Gasteiger partial charge >= 0.3 is 5.97 Å². The van der Waals surface area contributed by atoms with Crippen LogP contribution in [0.4, 0.5) is 0 Å². The number of benzene rings is 1. The molecule has 1 aromatic carbocycles. The average Bonchev–Trinajstić information content (AvgIpc) is 2.64. The summed E-state index contributed by atoms with van der Waals surface area (Å²) < 4.78 is 11.7. The second kappa shape index (κ2) is 10.5. The first kappa shape index (κ1) is 20.7. The van der Waals surface area contributed by atoms with Gasteiger partial charge in [0.25, 0.3) is 0 Å². The smallest absolute Gasteiger partial charge is 0.309 e. The minimum Gasteiger partial charge on any atom is -0.492 e. The van der Waals surface area contributed by atoms with E-state index in [0.29, 0.717) is 26.3 Å². The van der Waals surface area contributed by atoms with E-state index in [2.05, 4.69) is 20.8 Å². The minimum atomic E-state index is -0.110. The Bertz CT molecular complexity index is 586. The van der Waals surface area contributed by atoms with E-state index in [1.165, 1.54) is 0 Å². The molecule has 1 aliphatic heterocycles. The standard InChI is InChI=1S/C19H27BrN2O4/c1-3-25-19(24)15-8-10-22(11-9-15)14-18(23)21(2)12-13-26-17-6-4-16(20)5-7-17/h4-7,15H,3,8-14H2,1-2H3. The molecule has 1 aromatic rings. The van der Waals surface area contributed by atoms with Crippen molar-refractivity contribution >= 4 is 27.8 Å². The van der Waals surface area contributed by atoms with Gasteiger partial charge in [0.2, 0.25) is 5.91 Å². The van der Waals surface area contributed by atoms with Gasteiger partial charge in [-0.2, -0.15) is 0 Å². The fourth-order valence-corrected chi connectivity index (χ4v) is 3.12. The molecule has 6 nitrogen and oxygen atoms in total. The summed E-state index contributed by atoms with van der Waals surface area (Å²) in [6.07, 6.45) is 1.50. The van der Waals surface area contributed by atoms with Crippen molar-refractivity contribution in [2.45, 2.75) is 19.8 Å². The molecule has 26 heavy (non-hydrogen) atoms. The van der Waals surface area contributed by atoms with Crippen LogP contribution in [0.5, 0.6) is 5.75 Å². The fraction of sp³-hybridized carbons (Fsp3) is 0.579. The third-order valence-corrected chi connectivity index (χ3v) is 5.03. The van der Waals surface area contributed by atoms with E-state index in [9.17, 15) is 9.59 Å². The van der Waals surface area contributed by atoms with Crippen LogP contribution in [-0.4, -0.2) is 68.1 Å². The zero-order valence-electron chi connectivity index (χ0n) is 15.4. The Hall–Kier alpha value is -1.60. The predicted molar refractivity (Wildman–Crippen MR) is 103 cm³/mol. The Morgan fingerprint density at radius 1 is 1.23 bits per heavy atom. The number of ether oxygens (including phenoxy) is 2. The third-order valence-electron chi connectivity index (χ3n) is 4.50. The van der Waals surface area contributed by atoms with Crippen molar-refractivity contribution in [3.63, 3.8) is 0 Å². The van der Waals surface area contributed by atoms with E-state index in [0.717, 1.165) is 36.2 Å². The van der Waals surface area contributed by atoms with E-state index in [4.69, 9.17) is 9.47 Å². The predicted octanol–water partition coefficient (Wildman–Crippen LogP) is 2.56. The summed E-state index contributed by atoms with van der Waals surface area (Å²) in [5, 5.41) is 0. The molecule has 0 N–H and O–H groups in total. The summed E-state index contributed by atoms with van der Waals surface area (Å²) in [6, 6.07) is 7.62. The molecule has 1 amide bonds. The van der Waals surface area contributed by atoms with E-state index in [1.54, 1.807) is 11.9 Å². The van der Waals surface area contributed by atoms with Crippen molar-refractivity contribution in [3.05, 3.63) is 28.7 Å². The van der Waals surface area contributed by atoms with Crippen LogP contribution in [0.1, 0.15) is 19.8 Å². The van der Waals surface area contributed by atoms with Crippen LogP contribution in [0.15, 0.2) is 28.7 Å². The molecule has 0 radical (unpaired) electrons. The topological polar surface area (TPSA) is 59.1 Å². The first-order valence-electron chi connectivity index (χ1n) is 9.01.